The molecule has 7 nitrogen and oxygen atoms in total. The fourth-order valence-electron chi connectivity index (χ4n) is 3.71. The number of hydrogen-bond donors (Lipinski definition) is 2. The second kappa shape index (κ2) is 11.3. The minimum atomic E-state index is -0.437. The van der Waals surface area contributed by atoms with Crippen molar-refractivity contribution in [3.8, 4) is 17.0 Å². The first kappa shape index (κ1) is 24.7. The number of nitrogens with one attached hydrogen (secondary N) is 2. The van der Waals surface area contributed by atoms with E-state index >= 15 is 0 Å². The molecule has 0 aliphatic heterocycles. The third-order valence-electron chi connectivity index (χ3n) is 5.67. The van der Waals surface area contributed by atoms with Gasteiger partial charge in [-0.3, -0.25) is 14.3 Å². The second-order valence-corrected chi connectivity index (χ2v) is 8.28. The van der Waals surface area contributed by atoms with Crippen molar-refractivity contribution >= 4 is 11.8 Å². The lowest BCUT2D eigenvalue weighted by Gasteiger charge is -2.08. The van der Waals surface area contributed by atoms with E-state index in [1.165, 1.54) is 6.07 Å². The molecule has 4 rings (SSSR count). The number of halogens is 1. The van der Waals surface area contributed by atoms with Crippen molar-refractivity contribution in [2.24, 2.45) is 0 Å². The molecule has 1 heterocycles. The monoisotopic (exact) mass is 486 g/mol. The van der Waals surface area contributed by atoms with E-state index in [2.05, 4.69) is 15.7 Å². The lowest BCUT2D eigenvalue weighted by molar-refractivity contribution is 0.0927. The quantitative estimate of drug-likeness (QED) is 0.347. The molecule has 2 amide bonds. The molecule has 0 saturated carbocycles. The van der Waals surface area contributed by atoms with E-state index in [4.69, 9.17) is 4.74 Å². The van der Waals surface area contributed by atoms with Crippen LogP contribution in [0.4, 0.5) is 4.39 Å². The summed E-state index contributed by atoms with van der Waals surface area (Å²) in [4.78, 5) is 25.4. The zero-order valence-electron chi connectivity index (χ0n) is 20.1. The molecule has 0 atom stereocenters. The summed E-state index contributed by atoms with van der Waals surface area (Å²) in [6.45, 7) is 2.52. The Bertz CT molecular complexity index is 1370. The van der Waals surface area contributed by atoms with E-state index in [9.17, 15) is 14.0 Å². The average molecular weight is 487 g/mol. The normalized spacial score (nSPS) is 10.6. The van der Waals surface area contributed by atoms with Gasteiger partial charge in [0.05, 0.1) is 19.2 Å². The van der Waals surface area contributed by atoms with Gasteiger partial charge in [0.1, 0.15) is 17.3 Å². The smallest absolute Gasteiger partial charge is 0.255 e. The molecule has 0 spiro atoms. The third kappa shape index (κ3) is 5.96. The first-order valence-corrected chi connectivity index (χ1v) is 11.5. The first-order valence-electron chi connectivity index (χ1n) is 11.5. The number of aromatic nitrogens is 2. The third-order valence-corrected chi connectivity index (χ3v) is 5.67. The van der Waals surface area contributed by atoms with Crippen LogP contribution in [0.2, 0.25) is 0 Å². The zero-order chi connectivity index (χ0) is 25.5. The molecule has 36 heavy (non-hydrogen) atoms. The lowest BCUT2D eigenvalue weighted by Crippen LogP contribution is -2.34. The molecule has 184 valence electrons. The number of methoxy groups -OCH3 is 1. The first-order chi connectivity index (χ1) is 17.4. The highest BCUT2D eigenvalue weighted by Gasteiger charge is 2.19. The lowest BCUT2D eigenvalue weighted by atomic mass is 10.1. The fourth-order valence-corrected chi connectivity index (χ4v) is 3.71. The van der Waals surface area contributed by atoms with Gasteiger partial charge in [0.25, 0.3) is 11.8 Å². The van der Waals surface area contributed by atoms with Crippen LogP contribution >= 0.6 is 0 Å². The number of nitrogens with zero attached hydrogens (tertiary/aromatic N) is 2. The Morgan fingerprint density at radius 2 is 1.69 bits per heavy atom. The van der Waals surface area contributed by atoms with Crippen LogP contribution in [0.25, 0.3) is 11.3 Å². The Morgan fingerprint density at radius 1 is 0.944 bits per heavy atom. The Labute approximate surface area is 208 Å². The van der Waals surface area contributed by atoms with Gasteiger partial charge in [0.15, 0.2) is 0 Å². The van der Waals surface area contributed by atoms with Crippen LogP contribution in [-0.2, 0) is 6.54 Å². The number of aryl methyl sites for hydroxylation is 1. The van der Waals surface area contributed by atoms with Gasteiger partial charge >= 0.3 is 0 Å². The van der Waals surface area contributed by atoms with E-state index in [0.717, 1.165) is 11.1 Å². The number of rotatable bonds is 9. The summed E-state index contributed by atoms with van der Waals surface area (Å²) < 4.78 is 20.8. The van der Waals surface area contributed by atoms with Crippen molar-refractivity contribution in [3.63, 3.8) is 0 Å². The van der Waals surface area contributed by atoms with E-state index in [1.54, 1.807) is 37.0 Å². The van der Waals surface area contributed by atoms with Gasteiger partial charge in [0.2, 0.25) is 0 Å². The summed E-state index contributed by atoms with van der Waals surface area (Å²) >= 11 is 0. The number of carbonyl (C=O) groups excluding carboxylic acids is 2. The van der Waals surface area contributed by atoms with Gasteiger partial charge in [-0.1, -0.05) is 48.5 Å². The predicted octanol–water partition coefficient (Wildman–Crippen LogP) is 4.21. The highest BCUT2D eigenvalue weighted by molar-refractivity contribution is 6.00. The maximum atomic E-state index is 13.7. The molecule has 0 saturated heterocycles. The number of ether oxygens (including phenoxy) is 1. The van der Waals surface area contributed by atoms with E-state index in [-0.39, 0.29) is 24.6 Å². The van der Waals surface area contributed by atoms with Crippen LogP contribution in [0.5, 0.6) is 5.75 Å². The van der Waals surface area contributed by atoms with Crippen LogP contribution in [0.15, 0.2) is 79.0 Å². The summed E-state index contributed by atoms with van der Waals surface area (Å²) in [5.41, 5.74) is 3.44. The molecule has 0 aliphatic carbocycles. The molecule has 0 aliphatic rings. The van der Waals surface area contributed by atoms with Crippen molar-refractivity contribution in [2.45, 2.75) is 13.5 Å². The summed E-state index contributed by atoms with van der Waals surface area (Å²) in [6, 6.07) is 21.5. The summed E-state index contributed by atoms with van der Waals surface area (Å²) in [7, 11) is 1.58. The molecule has 1 aromatic heterocycles. The molecule has 4 aromatic rings. The van der Waals surface area contributed by atoms with Crippen molar-refractivity contribution in [3.05, 3.63) is 107 Å². The van der Waals surface area contributed by atoms with Gasteiger partial charge in [-0.05, 0) is 42.3 Å². The molecule has 0 unspecified atom stereocenters. The molecule has 8 heteroatoms. The summed E-state index contributed by atoms with van der Waals surface area (Å²) in [5, 5.41) is 10.2. The highest BCUT2D eigenvalue weighted by Crippen LogP contribution is 2.26. The standard InChI is InChI=1S/C28H27FN4O3/c1-19-11-12-22(16-25(19)29)27(34)30-13-14-31-28(35)24-18-33(17-20-7-4-3-5-8-20)32-26(24)21-9-6-10-23(15-21)36-2/h3-12,15-16,18H,13-14,17H2,1-2H3,(H,30,34)(H,31,35). The van der Waals surface area contributed by atoms with Gasteiger partial charge in [-0.2, -0.15) is 5.10 Å². The van der Waals surface area contributed by atoms with Crippen molar-refractivity contribution < 1.29 is 18.7 Å². The van der Waals surface area contributed by atoms with Gasteiger partial charge in [-0.15, -0.1) is 0 Å². The Hall–Kier alpha value is -4.46. The fraction of sp³-hybridized carbons (Fsp3) is 0.179. The predicted molar refractivity (Wildman–Crippen MR) is 136 cm³/mol. The Balaban J connectivity index is 1.46. The van der Waals surface area contributed by atoms with Gasteiger partial charge in [-0.25, -0.2) is 4.39 Å². The van der Waals surface area contributed by atoms with Crippen molar-refractivity contribution in [1.82, 2.24) is 20.4 Å². The SMILES string of the molecule is COc1cccc(-c2nn(Cc3ccccc3)cc2C(=O)NCCNC(=O)c2ccc(C)c(F)c2)c1. The van der Waals surface area contributed by atoms with Crippen LogP contribution in [0.3, 0.4) is 0 Å². The molecule has 2 N–H and O–H groups in total. The van der Waals surface area contributed by atoms with Crippen molar-refractivity contribution in [2.75, 3.05) is 20.2 Å². The summed E-state index contributed by atoms with van der Waals surface area (Å²) in [5.74, 6) is -0.501. The number of carbonyl (C=O) groups is 2. The number of amides is 2. The zero-order valence-corrected chi connectivity index (χ0v) is 20.1. The largest absolute Gasteiger partial charge is 0.497 e. The van der Waals surface area contributed by atoms with Crippen LogP contribution in [0.1, 0.15) is 31.8 Å². The van der Waals surface area contributed by atoms with Crippen LogP contribution < -0.4 is 15.4 Å². The van der Waals surface area contributed by atoms with Crippen molar-refractivity contribution in [1.29, 1.82) is 0 Å². The van der Waals surface area contributed by atoms with Crippen LogP contribution in [0, 0.1) is 12.7 Å². The maximum absolute atomic E-state index is 13.7. The number of hydrogen-bond acceptors (Lipinski definition) is 4. The minimum Gasteiger partial charge on any atom is -0.497 e. The number of benzene rings is 3. The van der Waals surface area contributed by atoms with E-state index in [1.807, 2.05) is 54.6 Å². The topological polar surface area (TPSA) is 85.2 Å². The average Bonchev–Trinajstić information content (AvgIpc) is 3.32. The molecule has 3 aromatic carbocycles. The molecular formula is C28H27FN4O3. The Kier molecular flexibility index (Phi) is 7.75. The molecule has 0 fully saturated rings. The van der Waals surface area contributed by atoms with Crippen LogP contribution in [-0.4, -0.2) is 41.8 Å². The van der Waals surface area contributed by atoms with Gasteiger partial charge < -0.3 is 15.4 Å². The highest BCUT2D eigenvalue weighted by atomic mass is 19.1. The molecular weight excluding hydrogens is 459 g/mol. The summed E-state index contributed by atoms with van der Waals surface area (Å²) in [6.07, 6.45) is 1.71. The molecule has 0 bridgehead atoms. The second-order valence-electron chi connectivity index (χ2n) is 8.28. The molecule has 0 radical (unpaired) electrons. The maximum Gasteiger partial charge on any atom is 0.255 e. The van der Waals surface area contributed by atoms with E-state index in [0.29, 0.717) is 29.1 Å². The van der Waals surface area contributed by atoms with E-state index < -0.39 is 11.7 Å². The minimum absolute atomic E-state index is 0.187. The Morgan fingerprint density at radius 3 is 2.42 bits per heavy atom. The van der Waals surface area contributed by atoms with Gasteiger partial charge in [0, 0.05) is 30.4 Å².